The van der Waals surface area contributed by atoms with Gasteiger partial charge in [-0.15, -0.1) is 0 Å². The first kappa shape index (κ1) is 9.36. The van der Waals surface area contributed by atoms with E-state index in [1.807, 2.05) is 6.92 Å². The molecule has 1 rings (SSSR count). The maximum Gasteiger partial charge on any atom is 0.407 e. The van der Waals surface area contributed by atoms with Crippen LogP contribution in [-0.2, 0) is 4.74 Å². The molecule has 0 unspecified atom stereocenters. The molecule has 1 N–H and O–H groups in total. The van der Waals surface area contributed by atoms with Crippen molar-refractivity contribution < 1.29 is 9.53 Å². The summed E-state index contributed by atoms with van der Waals surface area (Å²) < 4.78 is 4.82. The molecule has 12 heavy (non-hydrogen) atoms. The molecule has 1 fully saturated rings. The van der Waals surface area contributed by atoms with Gasteiger partial charge in [0, 0.05) is 5.54 Å². The van der Waals surface area contributed by atoms with Crippen LogP contribution in [0.3, 0.4) is 0 Å². The summed E-state index contributed by atoms with van der Waals surface area (Å²) in [5.74, 6) is 0. The van der Waals surface area contributed by atoms with Crippen LogP contribution in [0.5, 0.6) is 0 Å². The molecule has 0 bridgehead atoms. The fraction of sp³-hybridized carbons (Fsp3) is 0.889. The van der Waals surface area contributed by atoms with E-state index in [2.05, 4.69) is 12.2 Å². The van der Waals surface area contributed by atoms with Crippen LogP contribution in [0, 0.1) is 0 Å². The van der Waals surface area contributed by atoms with E-state index in [9.17, 15) is 4.79 Å². The second-order valence-electron chi connectivity index (χ2n) is 3.61. The van der Waals surface area contributed by atoms with Crippen molar-refractivity contribution in [2.75, 3.05) is 6.61 Å². The van der Waals surface area contributed by atoms with E-state index in [1.165, 1.54) is 12.8 Å². The number of carbonyl (C=O) groups is 1. The molecule has 1 amide bonds. The first-order chi connectivity index (χ1) is 5.66. The number of hydrogen-bond donors (Lipinski definition) is 1. The minimum atomic E-state index is -0.276. The summed E-state index contributed by atoms with van der Waals surface area (Å²) in [7, 11) is 0. The van der Waals surface area contributed by atoms with Gasteiger partial charge in [-0.3, -0.25) is 0 Å². The molecule has 0 aromatic carbocycles. The quantitative estimate of drug-likeness (QED) is 0.690. The van der Waals surface area contributed by atoms with E-state index in [0.717, 1.165) is 12.8 Å². The molecule has 0 heterocycles. The zero-order valence-electron chi connectivity index (χ0n) is 7.85. The largest absolute Gasteiger partial charge is 0.450 e. The minimum Gasteiger partial charge on any atom is -0.450 e. The molecule has 1 saturated carbocycles. The van der Waals surface area contributed by atoms with E-state index < -0.39 is 0 Å². The fourth-order valence-corrected chi connectivity index (χ4v) is 1.69. The van der Waals surface area contributed by atoms with Crippen molar-refractivity contribution in [3.63, 3.8) is 0 Å². The first-order valence-corrected chi connectivity index (χ1v) is 4.61. The second kappa shape index (κ2) is 3.78. The van der Waals surface area contributed by atoms with Crippen molar-refractivity contribution in [2.45, 2.75) is 45.1 Å². The van der Waals surface area contributed by atoms with Gasteiger partial charge in [0.1, 0.15) is 0 Å². The van der Waals surface area contributed by atoms with Gasteiger partial charge in [0.25, 0.3) is 0 Å². The maximum absolute atomic E-state index is 11.1. The Bertz CT molecular complexity index is 162. The molecule has 0 aromatic rings. The Morgan fingerprint density at radius 3 is 2.58 bits per heavy atom. The van der Waals surface area contributed by atoms with Crippen LogP contribution >= 0.6 is 0 Å². The molecule has 3 heteroatoms. The summed E-state index contributed by atoms with van der Waals surface area (Å²) in [5, 5.41) is 2.90. The zero-order chi connectivity index (χ0) is 9.03. The second-order valence-corrected chi connectivity index (χ2v) is 3.61. The lowest BCUT2D eigenvalue weighted by molar-refractivity contribution is 0.140. The van der Waals surface area contributed by atoms with Gasteiger partial charge >= 0.3 is 6.09 Å². The van der Waals surface area contributed by atoms with E-state index in [1.54, 1.807) is 0 Å². The van der Waals surface area contributed by atoms with Crippen LogP contribution in [0.15, 0.2) is 0 Å². The molecule has 1 aliphatic rings. The molecule has 0 aromatic heterocycles. The molecule has 3 nitrogen and oxygen atoms in total. The van der Waals surface area contributed by atoms with E-state index in [0.29, 0.717) is 6.61 Å². The van der Waals surface area contributed by atoms with Gasteiger partial charge < -0.3 is 10.1 Å². The number of nitrogens with one attached hydrogen (secondary N) is 1. The number of alkyl carbamates (subject to hydrolysis) is 1. The van der Waals surface area contributed by atoms with E-state index >= 15 is 0 Å². The van der Waals surface area contributed by atoms with Crippen molar-refractivity contribution in [3.8, 4) is 0 Å². The smallest absolute Gasteiger partial charge is 0.407 e. The van der Waals surface area contributed by atoms with Gasteiger partial charge in [-0.25, -0.2) is 4.79 Å². The van der Waals surface area contributed by atoms with E-state index in [4.69, 9.17) is 4.74 Å². The average Bonchev–Trinajstić information content (AvgIpc) is 2.36. The highest BCUT2D eigenvalue weighted by atomic mass is 16.5. The summed E-state index contributed by atoms with van der Waals surface area (Å²) >= 11 is 0. The van der Waals surface area contributed by atoms with Gasteiger partial charge in [0.05, 0.1) is 6.61 Å². The predicted molar refractivity (Wildman–Crippen MR) is 47.0 cm³/mol. The van der Waals surface area contributed by atoms with Gasteiger partial charge in [-0.1, -0.05) is 12.8 Å². The molecular weight excluding hydrogens is 154 g/mol. The summed E-state index contributed by atoms with van der Waals surface area (Å²) in [5.41, 5.74) is -0.00769. The monoisotopic (exact) mass is 171 g/mol. The number of hydrogen-bond acceptors (Lipinski definition) is 2. The normalized spacial score (nSPS) is 20.5. The minimum absolute atomic E-state index is 0.00769. The van der Waals surface area contributed by atoms with Gasteiger partial charge in [-0.2, -0.15) is 0 Å². The van der Waals surface area contributed by atoms with Crippen LogP contribution < -0.4 is 5.32 Å². The van der Waals surface area contributed by atoms with Crippen LogP contribution in [0.2, 0.25) is 0 Å². The third-order valence-electron chi connectivity index (χ3n) is 2.39. The Kier molecular flexibility index (Phi) is 2.95. The highest BCUT2D eigenvalue weighted by Crippen LogP contribution is 2.28. The third-order valence-corrected chi connectivity index (χ3v) is 2.39. The topological polar surface area (TPSA) is 38.3 Å². The Morgan fingerprint density at radius 1 is 1.50 bits per heavy atom. The standard InChI is InChI=1S/C9H17NO2/c1-3-12-8(11)10-9(2)6-4-5-7-9/h3-7H2,1-2H3,(H,10,11). The predicted octanol–water partition coefficient (Wildman–Crippen LogP) is 2.07. The third kappa shape index (κ3) is 2.40. The molecule has 0 saturated heterocycles. The van der Waals surface area contributed by atoms with Crippen LogP contribution in [0.4, 0.5) is 4.79 Å². The molecular formula is C9H17NO2. The summed E-state index contributed by atoms with van der Waals surface area (Å²) in [6.07, 6.45) is 4.30. The number of amides is 1. The highest BCUT2D eigenvalue weighted by molar-refractivity contribution is 5.68. The lowest BCUT2D eigenvalue weighted by Gasteiger charge is -2.24. The first-order valence-electron chi connectivity index (χ1n) is 4.61. The summed E-state index contributed by atoms with van der Waals surface area (Å²) in [4.78, 5) is 11.1. The van der Waals surface area contributed by atoms with Gasteiger partial charge in [0.15, 0.2) is 0 Å². The molecule has 0 radical (unpaired) electrons. The van der Waals surface area contributed by atoms with Crippen molar-refractivity contribution in [2.24, 2.45) is 0 Å². The Labute approximate surface area is 73.5 Å². The summed E-state index contributed by atoms with van der Waals surface area (Å²) in [6.45, 7) is 4.34. The van der Waals surface area contributed by atoms with E-state index in [-0.39, 0.29) is 11.6 Å². The lowest BCUT2D eigenvalue weighted by atomic mass is 10.0. The Balaban J connectivity index is 2.33. The zero-order valence-corrected chi connectivity index (χ0v) is 7.85. The Morgan fingerprint density at radius 2 is 2.08 bits per heavy atom. The highest BCUT2D eigenvalue weighted by Gasteiger charge is 2.30. The average molecular weight is 171 g/mol. The van der Waals surface area contributed by atoms with Crippen LogP contribution in [0.25, 0.3) is 0 Å². The summed E-state index contributed by atoms with van der Waals surface area (Å²) in [6, 6.07) is 0. The maximum atomic E-state index is 11.1. The number of carbonyl (C=O) groups excluding carboxylic acids is 1. The molecule has 0 spiro atoms. The van der Waals surface area contributed by atoms with Crippen molar-refractivity contribution in [1.29, 1.82) is 0 Å². The fourth-order valence-electron chi connectivity index (χ4n) is 1.69. The molecule has 1 aliphatic carbocycles. The van der Waals surface area contributed by atoms with Crippen molar-refractivity contribution in [1.82, 2.24) is 5.32 Å². The SMILES string of the molecule is CCOC(=O)NC1(C)CCCC1. The van der Waals surface area contributed by atoms with Crippen molar-refractivity contribution in [3.05, 3.63) is 0 Å². The van der Waals surface area contributed by atoms with Gasteiger partial charge in [-0.05, 0) is 26.7 Å². The Hall–Kier alpha value is -0.730. The van der Waals surface area contributed by atoms with Crippen molar-refractivity contribution >= 4 is 6.09 Å². The molecule has 0 atom stereocenters. The lowest BCUT2D eigenvalue weighted by Crippen LogP contribution is -2.43. The number of rotatable bonds is 2. The number of ether oxygens (including phenoxy) is 1. The van der Waals surface area contributed by atoms with Crippen LogP contribution in [0.1, 0.15) is 39.5 Å². The molecule has 70 valence electrons. The van der Waals surface area contributed by atoms with Gasteiger partial charge in [0.2, 0.25) is 0 Å². The molecule has 0 aliphatic heterocycles. The van der Waals surface area contributed by atoms with Crippen LogP contribution in [-0.4, -0.2) is 18.2 Å².